The van der Waals surface area contributed by atoms with E-state index >= 15 is 0 Å². The summed E-state index contributed by atoms with van der Waals surface area (Å²) in [4.78, 5) is 9.18. The molecule has 2 aliphatic rings. The van der Waals surface area contributed by atoms with Crippen LogP contribution in [0.15, 0.2) is 18.3 Å². The third-order valence-electron chi connectivity index (χ3n) is 5.69. The summed E-state index contributed by atoms with van der Waals surface area (Å²) >= 11 is 0. The zero-order valence-corrected chi connectivity index (χ0v) is 14.6. The molecule has 0 spiro atoms. The largest absolute Gasteiger partial charge is 0.367 e. The van der Waals surface area contributed by atoms with Crippen LogP contribution in [-0.4, -0.2) is 42.1 Å². The first-order valence-electron chi connectivity index (χ1n) is 8.83. The van der Waals surface area contributed by atoms with Crippen LogP contribution >= 0.6 is 0 Å². The highest BCUT2D eigenvalue weighted by Crippen LogP contribution is 2.41. The van der Waals surface area contributed by atoms with Gasteiger partial charge < -0.3 is 4.90 Å². The van der Waals surface area contributed by atoms with Gasteiger partial charge in [0.25, 0.3) is 0 Å². The molecule has 4 nitrogen and oxygen atoms in total. The Balaban J connectivity index is 1.58. The predicted octanol–water partition coefficient (Wildman–Crippen LogP) is 3.29. The second kappa shape index (κ2) is 6.49. The maximum atomic E-state index is 9.23. The zero-order valence-electron chi connectivity index (χ0n) is 14.6. The monoisotopic (exact) mass is 312 g/mol. The second-order valence-corrected chi connectivity index (χ2v) is 8.04. The first kappa shape index (κ1) is 16.3. The Morgan fingerprint density at radius 3 is 2.52 bits per heavy atom. The number of anilines is 1. The number of nitrogens with zero attached hydrogens (tertiary/aromatic N) is 4. The summed E-state index contributed by atoms with van der Waals surface area (Å²) in [6.07, 6.45) is 5.76. The summed E-state index contributed by atoms with van der Waals surface area (Å²) in [6.45, 7) is 11.3. The molecule has 1 saturated carbocycles. The van der Waals surface area contributed by atoms with Crippen LogP contribution in [0.1, 0.15) is 45.7 Å². The minimum Gasteiger partial charge on any atom is -0.367 e. The van der Waals surface area contributed by atoms with Gasteiger partial charge in [0, 0.05) is 38.4 Å². The lowest BCUT2D eigenvalue weighted by molar-refractivity contribution is 0.167. The number of nitriles is 1. The lowest BCUT2D eigenvalue weighted by atomic mass is 9.79. The van der Waals surface area contributed by atoms with Gasteiger partial charge in [0.15, 0.2) is 5.69 Å². The van der Waals surface area contributed by atoms with Crippen molar-refractivity contribution in [2.24, 2.45) is 11.3 Å². The van der Waals surface area contributed by atoms with E-state index in [1.807, 2.05) is 12.1 Å². The maximum Gasteiger partial charge on any atom is 0.163 e. The van der Waals surface area contributed by atoms with Crippen LogP contribution < -0.4 is 4.90 Å². The van der Waals surface area contributed by atoms with E-state index in [4.69, 9.17) is 0 Å². The van der Waals surface area contributed by atoms with Gasteiger partial charge in [0.1, 0.15) is 6.07 Å². The van der Waals surface area contributed by atoms with E-state index in [0.29, 0.717) is 11.1 Å². The van der Waals surface area contributed by atoms with Crippen LogP contribution in [-0.2, 0) is 0 Å². The molecule has 124 valence electrons. The SMILES string of the molecule is CC(C)(C)C1CCC(N2CCN(c3cccnc3C#N)CC2)C1. The van der Waals surface area contributed by atoms with Crippen molar-refractivity contribution in [1.82, 2.24) is 9.88 Å². The molecule has 1 aliphatic carbocycles. The second-order valence-electron chi connectivity index (χ2n) is 8.04. The van der Waals surface area contributed by atoms with E-state index in [0.717, 1.165) is 43.8 Å². The maximum absolute atomic E-state index is 9.23. The van der Waals surface area contributed by atoms with E-state index in [-0.39, 0.29) is 0 Å². The Hall–Kier alpha value is -1.60. The number of rotatable bonds is 2. The molecule has 2 fully saturated rings. The molecule has 2 unspecified atom stereocenters. The van der Waals surface area contributed by atoms with Gasteiger partial charge in [-0.15, -0.1) is 0 Å². The average Bonchev–Trinajstić information content (AvgIpc) is 3.05. The summed E-state index contributed by atoms with van der Waals surface area (Å²) in [6, 6.07) is 6.91. The van der Waals surface area contributed by atoms with E-state index in [1.165, 1.54) is 19.3 Å². The van der Waals surface area contributed by atoms with E-state index in [2.05, 4.69) is 41.6 Å². The fourth-order valence-electron chi connectivity index (χ4n) is 4.14. The Morgan fingerprint density at radius 2 is 1.91 bits per heavy atom. The van der Waals surface area contributed by atoms with Crippen molar-refractivity contribution in [2.75, 3.05) is 31.1 Å². The fraction of sp³-hybridized carbons (Fsp3) is 0.684. The normalized spacial score (nSPS) is 26.3. The fourth-order valence-corrected chi connectivity index (χ4v) is 4.14. The number of piperazine rings is 1. The lowest BCUT2D eigenvalue weighted by Gasteiger charge is -2.39. The molecule has 0 amide bonds. The highest BCUT2D eigenvalue weighted by Gasteiger charge is 2.36. The van der Waals surface area contributed by atoms with Gasteiger partial charge in [-0.25, -0.2) is 4.98 Å². The minimum atomic E-state index is 0.438. The summed E-state index contributed by atoms with van der Waals surface area (Å²) in [5, 5.41) is 9.23. The third kappa shape index (κ3) is 3.50. The molecule has 23 heavy (non-hydrogen) atoms. The van der Waals surface area contributed by atoms with E-state index in [9.17, 15) is 5.26 Å². The van der Waals surface area contributed by atoms with Gasteiger partial charge in [0.05, 0.1) is 5.69 Å². The Kier molecular flexibility index (Phi) is 4.59. The van der Waals surface area contributed by atoms with E-state index in [1.54, 1.807) is 6.20 Å². The van der Waals surface area contributed by atoms with Crippen LogP contribution in [0, 0.1) is 22.7 Å². The Labute approximate surface area is 140 Å². The van der Waals surface area contributed by atoms with Crippen molar-refractivity contribution >= 4 is 5.69 Å². The number of aromatic nitrogens is 1. The van der Waals surface area contributed by atoms with Crippen molar-refractivity contribution in [1.29, 1.82) is 5.26 Å². The molecule has 1 saturated heterocycles. The molecule has 0 radical (unpaired) electrons. The van der Waals surface area contributed by atoms with Gasteiger partial charge in [-0.05, 0) is 42.7 Å². The molecule has 0 bridgehead atoms. The third-order valence-corrected chi connectivity index (χ3v) is 5.69. The summed E-state index contributed by atoms with van der Waals surface area (Å²) in [5.74, 6) is 0.856. The summed E-state index contributed by atoms with van der Waals surface area (Å²) < 4.78 is 0. The molecule has 3 rings (SSSR count). The molecule has 2 heterocycles. The zero-order chi connectivity index (χ0) is 16.4. The average molecular weight is 312 g/mol. The van der Waals surface area contributed by atoms with Crippen LogP contribution in [0.3, 0.4) is 0 Å². The van der Waals surface area contributed by atoms with E-state index < -0.39 is 0 Å². The number of pyridine rings is 1. The standard InChI is InChI=1S/C19H28N4/c1-19(2,3)15-6-7-16(13-15)22-9-11-23(12-10-22)18-5-4-8-21-17(18)14-20/h4-5,8,15-16H,6-7,9-13H2,1-3H3. The smallest absolute Gasteiger partial charge is 0.163 e. The first-order chi connectivity index (χ1) is 11.0. The van der Waals surface area contributed by atoms with Crippen molar-refractivity contribution in [3.8, 4) is 6.07 Å². The van der Waals surface area contributed by atoms with Crippen LogP contribution in [0.4, 0.5) is 5.69 Å². The molecular weight excluding hydrogens is 284 g/mol. The highest BCUT2D eigenvalue weighted by atomic mass is 15.3. The molecule has 0 N–H and O–H groups in total. The molecule has 1 aromatic rings. The molecular formula is C19H28N4. The summed E-state index contributed by atoms with van der Waals surface area (Å²) in [7, 11) is 0. The van der Waals surface area contributed by atoms with Crippen LogP contribution in [0.5, 0.6) is 0 Å². The highest BCUT2D eigenvalue weighted by molar-refractivity contribution is 5.55. The van der Waals surface area contributed by atoms with Crippen LogP contribution in [0.25, 0.3) is 0 Å². The molecule has 1 aliphatic heterocycles. The number of hydrogen-bond acceptors (Lipinski definition) is 4. The Morgan fingerprint density at radius 1 is 1.17 bits per heavy atom. The predicted molar refractivity (Wildman–Crippen MR) is 93.3 cm³/mol. The quantitative estimate of drug-likeness (QED) is 0.840. The molecule has 1 aromatic heterocycles. The molecule has 0 aromatic carbocycles. The molecule has 2 atom stereocenters. The van der Waals surface area contributed by atoms with Crippen molar-refractivity contribution in [3.63, 3.8) is 0 Å². The van der Waals surface area contributed by atoms with Crippen molar-refractivity contribution in [3.05, 3.63) is 24.0 Å². The van der Waals surface area contributed by atoms with Gasteiger partial charge in [-0.2, -0.15) is 5.26 Å². The van der Waals surface area contributed by atoms with Crippen molar-refractivity contribution < 1.29 is 0 Å². The first-order valence-corrected chi connectivity index (χ1v) is 8.83. The molecule has 4 heteroatoms. The van der Waals surface area contributed by atoms with Gasteiger partial charge in [0.2, 0.25) is 0 Å². The van der Waals surface area contributed by atoms with Gasteiger partial charge >= 0.3 is 0 Å². The van der Waals surface area contributed by atoms with Gasteiger partial charge in [-0.3, -0.25) is 4.90 Å². The van der Waals surface area contributed by atoms with Gasteiger partial charge in [-0.1, -0.05) is 20.8 Å². The minimum absolute atomic E-state index is 0.438. The number of hydrogen-bond donors (Lipinski definition) is 0. The van der Waals surface area contributed by atoms with Crippen LogP contribution in [0.2, 0.25) is 0 Å². The Bertz CT molecular complexity index is 576. The van der Waals surface area contributed by atoms with Crippen molar-refractivity contribution in [2.45, 2.75) is 46.1 Å². The lowest BCUT2D eigenvalue weighted by Crippen LogP contribution is -2.50. The summed E-state index contributed by atoms with van der Waals surface area (Å²) in [5.41, 5.74) is 1.98. The topological polar surface area (TPSA) is 43.2 Å².